The molecule has 3 atom stereocenters. The van der Waals surface area contributed by atoms with Gasteiger partial charge in [0.05, 0.1) is 18.4 Å². The van der Waals surface area contributed by atoms with E-state index in [9.17, 15) is 13.5 Å². The van der Waals surface area contributed by atoms with Crippen LogP contribution in [0.1, 0.15) is 24.6 Å². The molecule has 0 radical (unpaired) electrons. The van der Waals surface area contributed by atoms with E-state index in [2.05, 4.69) is 14.2 Å². The smallest absolute Gasteiger partial charge is 0.333 e. The molecule has 2 heterocycles. The number of aliphatic hydroxyl groups is 1. The van der Waals surface area contributed by atoms with E-state index in [1.165, 1.54) is 6.33 Å². The van der Waals surface area contributed by atoms with Crippen LogP contribution in [0, 0.1) is 12.8 Å². The van der Waals surface area contributed by atoms with E-state index in [1.54, 1.807) is 0 Å². The van der Waals surface area contributed by atoms with Gasteiger partial charge in [-0.3, -0.25) is 4.18 Å². The molecule has 0 aliphatic heterocycles. The van der Waals surface area contributed by atoms with E-state index in [-0.39, 0.29) is 18.6 Å². The molecule has 1 fully saturated rings. The molecule has 9 heteroatoms. The van der Waals surface area contributed by atoms with Gasteiger partial charge in [-0.2, -0.15) is 8.42 Å². The molecule has 0 aromatic carbocycles. The van der Waals surface area contributed by atoms with Crippen LogP contribution in [0.15, 0.2) is 18.6 Å². The molecule has 2 aromatic heterocycles. The fraction of sp³-hybridized carbons (Fsp3) is 0.538. The maximum Gasteiger partial charge on any atom is 0.333 e. The van der Waals surface area contributed by atoms with E-state index >= 15 is 0 Å². The van der Waals surface area contributed by atoms with E-state index in [0.29, 0.717) is 12.8 Å². The lowest BCUT2D eigenvalue weighted by molar-refractivity contribution is 0.100. The first-order valence-electron chi connectivity index (χ1n) is 6.98. The highest BCUT2D eigenvalue weighted by Crippen LogP contribution is 2.37. The number of fused-ring (bicyclic) bond motifs is 1. The van der Waals surface area contributed by atoms with Crippen molar-refractivity contribution in [1.82, 2.24) is 14.5 Å². The first kappa shape index (κ1) is 15.3. The van der Waals surface area contributed by atoms with Gasteiger partial charge in [0, 0.05) is 23.5 Å². The molecular formula is C13H18N4O4S. The summed E-state index contributed by atoms with van der Waals surface area (Å²) in [6.07, 6.45) is 3.93. The second-order valence-corrected chi connectivity index (χ2v) is 6.87. The summed E-state index contributed by atoms with van der Waals surface area (Å²) >= 11 is 0. The first-order chi connectivity index (χ1) is 10.3. The quantitative estimate of drug-likeness (QED) is 0.832. The molecule has 8 nitrogen and oxygen atoms in total. The van der Waals surface area contributed by atoms with Crippen LogP contribution in [0.2, 0.25) is 0 Å². The average molecular weight is 326 g/mol. The molecular weight excluding hydrogens is 308 g/mol. The predicted octanol–water partition coefficient (Wildman–Crippen LogP) is 0.272. The topological polar surface area (TPSA) is 120 Å². The van der Waals surface area contributed by atoms with Crippen LogP contribution in [0.25, 0.3) is 11.0 Å². The number of nitrogens with zero attached hydrogens (tertiary/aromatic N) is 3. The summed E-state index contributed by atoms with van der Waals surface area (Å²) < 4.78 is 28.4. The number of aromatic nitrogens is 3. The highest BCUT2D eigenvalue weighted by Gasteiger charge is 2.35. The van der Waals surface area contributed by atoms with Crippen LogP contribution in [0.4, 0.5) is 0 Å². The third kappa shape index (κ3) is 2.98. The summed E-state index contributed by atoms with van der Waals surface area (Å²) in [5, 5.41) is 15.9. The molecule has 120 valence electrons. The summed E-state index contributed by atoms with van der Waals surface area (Å²) in [6, 6.07) is 1.99. The molecule has 0 spiro atoms. The van der Waals surface area contributed by atoms with Gasteiger partial charge in [0.2, 0.25) is 0 Å². The Morgan fingerprint density at radius 1 is 1.45 bits per heavy atom. The van der Waals surface area contributed by atoms with Gasteiger partial charge in [-0.25, -0.2) is 15.1 Å². The molecule has 1 saturated carbocycles. The van der Waals surface area contributed by atoms with Crippen molar-refractivity contribution in [2.75, 3.05) is 6.61 Å². The van der Waals surface area contributed by atoms with Crippen molar-refractivity contribution in [1.29, 1.82) is 0 Å². The molecule has 0 amide bonds. The van der Waals surface area contributed by atoms with Crippen LogP contribution < -0.4 is 5.14 Å². The van der Waals surface area contributed by atoms with Gasteiger partial charge < -0.3 is 9.67 Å². The summed E-state index contributed by atoms with van der Waals surface area (Å²) in [7, 11) is -3.99. The summed E-state index contributed by atoms with van der Waals surface area (Å²) in [4.78, 5) is 8.46. The Bertz CT molecular complexity index is 788. The van der Waals surface area contributed by atoms with Crippen molar-refractivity contribution >= 4 is 21.3 Å². The molecule has 3 rings (SSSR count). The maximum atomic E-state index is 10.9. The Morgan fingerprint density at radius 3 is 2.95 bits per heavy atom. The lowest BCUT2D eigenvalue weighted by Gasteiger charge is -2.14. The van der Waals surface area contributed by atoms with Crippen molar-refractivity contribution in [2.45, 2.75) is 31.9 Å². The monoisotopic (exact) mass is 326 g/mol. The van der Waals surface area contributed by atoms with Crippen LogP contribution in [-0.4, -0.2) is 40.8 Å². The van der Waals surface area contributed by atoms with Crippen LogP contribution in [-0.2, 0) is 14.5 Å². The molecule has 0 saturated heterocycles. The Hall–Kier alpha value is -1.55. The third-order valence-corrected chi connectivity index (χ3v) is 4.65. The summed E-state index contributed by atoms with van der Waals surface area (Å²) in [5.74, 6) is -0.274. The van der Waals surface area contributed by atoms with E-state index in [1.807, 2.05) is 23.8 Å². The van der Waals surface area contributed by atoms with Gasteiger partial charge >= 0.3 is 10.3 Å². The Labute approximate surface area is 128 Å². The van der Waals surface area contributed by atoms with Crippen LogP contribution in [0.5, 0.6) is 0 Å². The molecule has 1 aliphatic rings. The van der Waals surface area contributed by atoms with Crippen molar-refractivity contribution in [2.24, 2.45) is 11.1 Å². The van der Waals surface area contributed by atoms with E-state index in [0.717, 1.165) is 16.7 Å². The van der Waals surface area contributed by atoms with Crippen molar-refractivity contribution in [3.05, 3.63) is 24.3 Å². The standard InChI is InChI=1S/C13H18N4O4S/c1-8-11-2-3-17(13(11)16-7-15-8)10-4-9(12(18)5-10)6-21-22(14,19)20/h2-3,7,9-10,12,18H,4-6H2,1H3,(H2,14,19,20)/t9-,10?,12-/m0/s1. The summed E-state index contributed by atoms with van der Waals surface area (Å²) in [5.41, 5.74) is 1.72. The highest BCUT2D eigenvalue weighted by atomic mass is 32.2. The SMILES string of the molecule is Cc1ncnc2c1ccn2C1C[C@@H](COS(N)(=O)=O)[C@@H](O)C1. The normalized spacial score (nSPS) is 25.9. The predicted molar refractivity (Wildman–Crippen MR) is 79.1 cm³/mol. The zero-order chi connectivity index (χ0) is 15.9. The van der Waals surface area contributed by atoms with Gasteiger partial charge in [-0.05, 0) is 25.8 Å². The zero-order valence-corrected chi connectivity index (χ0v) is 12.9. The first-order valence-corrected chi connectivity index (χ1v) is 8.45. The number of aliphatic hydroxyl groups excluding tert-OH is 1. The Balaban J connectivity index is 1.80. The lowest BCUT2D eigenvalue weighted by Crippen LogP contribution is -2.24. The third-order valence-electron chi connectivity index (χ3n) is 4.18. The molecule has 22 heavy (non-hydrogen) atoms. The molecule has 3 N–H and O–H groups in total. The maximum absolute atomic E-state index is 10.9. The second-order valence-electron chi connectivity index (χ2n) is 5.65. The molecule has 0 bridgehead atoms. The van der Waals surface area contributed by atoms with Gasteiger partial charge in [0.15, 0.2) is 0 Å². The zero-order valence-electron chi connectivity index (χ0n) is 12.1. The number of hydrogen-bond acceptors (Lipinski definition) is 6. The van der Waals surface area contributed by atoms with Crippen molar-refractivity contribution in [3.63, 3.8) is 0 Å². The van der Waals surface area contributed by atoms with Crippen molar-refractivity contribution < 1.29 is 17.7 Å². The van der Waals surface area contributed by atoms with E-state index in [4.69, 9.17) is 5.14 Å². The molecule has 1 unspecified atom stereocenters. The lowest BCUT2D eigenvalue weighted by atomic mass is 10.1. The van der Waals surface area contributed by atoms with Crippen molar-refractivity contribution in [3.8, 4) is 0 Å². The number of rotatable bonds is 4. The van der Waals surface area contributed by atoms with Gasteiger partial charge in [0.25, 0.3) is 0 Å². The van der Waals surface area contributed by atoms with Crippen LogP contribution >= 0.6 is 0 Å². The minimum atomic E-state index is -3.99. The fourth-order valence-electron chi connectivity index (χ4n) is 3.05. The van der Waals surface area contributed by atoms with E-state index < -0.39 is 16.4 Å². The highest BCUT2D eigenvalue weighted by molar-refractivity contribution is 7.84. The average Bonchev–Trinajstić information content (AvgIpc) is 3.00. The largest absolute Gasteiger partial charge is 0.393 e. The minimum Gasteiger partial charge on any atom is -0.393 e. The number of aryl methyl sites for hydroxylation is 1. The summed E-state index contributed by atoms with van der Waals surface area (Å²) in [6.45, 7) is 1.81. The van der Waals surface area contributed by atoms with Gasteiger partial charge in [0.1, 0.15) is 12.0 Å². The minimum absolute atomic E-state index is 0.0379. The Morgan fingerprint density at radius 2 is 2.23 bits per heavy atom. The van der Waals surface area contributed by atoms with Gasteiger partial charge in [-0.1, -0.05) is 0 Å². The van der Waals surface area contributed by atoms with Gasteiger partial charge in [-0.15, -0.1) is 0 Å². The molecule has 1 aliphatic carbocycles. The molecule has 2 aromatic rings. The Kier molecular flexibility index (Phi) is 3.89. The number of nitrogens with two attached hydrogens (primary N) is 1. The van der Waals surface area contributed by atoms with Crippen LogP contribution in [0.3, 0.4) is 0 Å². The fourth-order valence-corrected chi connectivity index (χ4v) is 3.42. The number of hydrogen-bond donors (Lipinski definition) is 2. The second kappa shape index (κ2) is 5.58.